The number of anilines is 1. The van der Waals surface area contributed by atoms with E-state index in [1.165, 1.54) is 11.8 Å². The molecule has 2 aromatic rings. The van der Waals surface area contributed by atoms with Crippen LogP contribution in [-0.2, 0) is 23.5 Å². The first kappa shape index (κ1) is 28.1. The zero-order chi connectivity index (χ0) is 25.8. The fourth-order valence-corrected chi connectivity index (χ4v) is 4.64. The minimum Gasteiger partial charge on any atom is -0.357 e. The summed E-state index contributed by atoms with van der Waals surface area (Å²) in [4.78, 5) is 20.5. The van der Waals surface area contributed by atoms with E-state index in [9.17, 15) is 15.3 Å². The third-order valence-electron chi connectivity index (χ3n) is 5.91. The maximum atomic E-state index is 11.4. The first-order chi connectivity index (χ1) is 16.9. The number of hydrogen-bond acceptors (Lipinski definition) is 8. The number of benzene rings is 1. The molecule has 1 aromatic heterocycles. The van der Waals surface area contributed by atoms with Gasteiger partial charge in [0, 0.05) is 32.4 Å². The summed E-state index contributed by atoms with van der Waals surface area (Å²) in [5, 5.41) is 23.2. The van der Waals surface area contributed by atoms with Crippen LogP contribution in [0.3, 0.4) is 0 Å². The summed E-state index contributed by atoms with van der Waals surface area (Å²) in [7, 11) is 1.95. The number of amides is 1. The van der Waals surface area contributed by atoms with Gasteiger partial charge in [0.05, 0.1) is 17.7 Å². The molecule has 0 saturated heterocycles. The number of nitriles is 2. The van der Waals surface area contributed by atoms with E-state index < -0.39 is 0 Å². The van der Waals surface area contributed by atoms with Gasteiger partial charge in [-0.2, -0.15) is 10.5 Å². The SMILES string of the molecule is CCc1c(C#N)c(SCc2ccc(CNC(=O)CN)cc2)nc(N(C)CCN(CC)CC)c1C#N. The topological polar surface area (TPSA) is 122 Å². The lowest BCUT2D eigenvalue weighted by molar-refractivity contribution is -0.119. The van der Waals surface area contributed by atoms with Crippen molar-refractivity contribution < 1.29 is 4.79 Å². The van der Waals surface area contributed by atoms with Crippen LogP contribution >= 0.6 is 11.8 Å². The van der Waals surface area contributed by atoms with Crippen LogP contribution in [0, 0.1) is 22.7 Å². The van der Waals surface area contributed by atoms with Crippen molar-refractivity contribution in [2.45, 2.75) is 44.5 Å². The lowest BCUT2D eigenvalue weighted by Crippen LogP contribution is -2.34. The number of carbonyl (C=O) groups excluding carboxylic acids is 1. The number of pyridine rings is 1. The van der Waals surface area contributed by atoms with Gasteiger partial charge in [-0.15, -0.1) is 11.8 Å². The Balaban J connectivity index is 2.26. The highest BCUT2D eigenvalue weighted by Crippen LogP contribution is 2.33. The van der Waals surface area contributed by atoms with E-state index >= 15 is 0 Å². The number of nitrogens with two attached hydrogens (primary N) is 1. The average molecular weight is 494 g/mol. The minimum atomic E-state index is -0.190. The molecule has 9 heteroatoms. The number of rotatable bonds is 13. The molecule has 0 bridgehead atoms. The highest BCUT2D eigenvalue weighted by molar-refractivity contribution is 7.98. The second kappa shape index (κ2) is 14.3. The Hall–Kier alpha value is -3.11. The number of hydrogen-bond donors (Lipinski definition) is 2. The Morgan fingerprint density at radius 2 is 1.69 bits per heavy atom. The molecule has 35 heavy (non-hydrogen) atoms. The van der Waals surface area contributed by atoms with Crippen LogP contribution in [0.25, 0.3) is 0 Å². The Kier molecular flexibility index (Phi) is 11.5. The van der Waals surface area contributed by atoms with Crippen molar-refractivity contribution in [2.75, 3.05) is 44.7 Å². The molecule has 0 aliphatic rings. The fourth-order valence-electron chi connectivity index (χ4n) is 3.68. The van der Waals surface area contributed by atoms with E-state index in [1.807, 2.05) is 43.1 Å². The predicted octanol–water partition coefficient (Wildman–Crippen LogP) is 3.03. The van der Waals surface area contributed by atoms with Gasteiger partial charge in [-0.1, -0.05) is 45.0 Å². The number of aromatic nitrogens is 1. The molecular weight excluding hydrogens is 458 g/mol. The third-order valence-corrected chi connectivity index (χ3v) is 6.95. The van der Waals surface area contributed by atoms with Gasteiger partial charge in [0.1, 0.15) is 23.0 Å². The Morgan fingerprint density at radius 3 is 2.23 bits per heavy atom. The van der Waals surface area contributed by atoms with Crippen LogP contribution in [0.1, 0.15) is 48.6 Å². The maximum Gasteiger partial charge on any atom is 0.234 e. The number of likely N-dealkylation sites (N-methyl/N-ethyl adjacent to an activating group) is 2. The largest absolute Gasteiger partial charge is 0.357 e. The Bertz CT molecular complexity index is 1070. The van der Waals surface area contributed by atoms with Crippen LogP contribution in [-0.4, -0.2) is 55.6 Å². The van der Waals surface area contributed by atoms with Gasteiger partial charge in [-0.05, 0) is 36.2 Å². The molecule has 8 nitrogen and oxygen atoms in total. The van der Waals surface area contributed by atoms with E-state index in [0.717, 1.165) is 42.9 Å². The summed E-state index contributed by atoms with van der Waals surface area (Å²) in [6, 6.07) is 12.5. The van der Waals surface area contributed by atoms with Crippen molar-refractivity contribution in [1.29, 1.82) is 10.5 Å². The zero-order valence-corrected chi connectivity index (χ0v) is 21.9. The third kappa shape index (κ3) is 7.69. The van der Waals surface area contributed by atoms with E-state index in [0.29, 0.717) is 40.7 Å². The number of thioether (sulfide) groups is 1. The van der Waals surface area contributed by atoms with Crippen LogP contribution in [0.15, 0.2) is 29.3 Å². The summed E-state index contributed by atoms with van der Waals surface area (Å²) in [5.74, 6) is 1.07. The van der Waals surface area contributed by atoms with Crippen molar-refractivity contribution >= 4 is 23.5 Å². The summed E-state index contributed by atoms with van der Waals surface area (Å²) in [6.45, 7) is 10.2. The van der Waals surface area contributed by atoms with Crippen LogP contribution in [0.5, 0.6) is 0 Å². The molecule has 1 amide bonds. The van der Waals surface area contributed by atoms with E-state index in [4.69, 9.17) is 10.7 Å². The van der Waals surface area contributed by atoms with Crippen molar-refractivity contribution in [1.82, 2.24) is 15.2 Å². The fraction of sp³-hybridized carbons (Fsp3) is 0.462. The van der Waals surface area contributed by atoms with Crippen LogP contribution in [0.2, 0.25) is 0 Å². The monoisotopic (exact) mass is 493 g/mol. The molecule has 0 aliphatic heterocycles. The van der Waals surface area contributed by atoms with Gasteiger partial charge >= 0.3 is 0 Å². The first-order valence-electron chi connectivity index (χ1n) is 11.9. The zero-order valence-electron chi connectivity index (χ0n) is 21.1. The van der Waals surface area contributed by atoms with Gasteiger partial charge < -0.3 is 20.9 Å². The maximum absolute atomic E-state index is 11.4. The standard InChI is InChI=1S/C26H35N7OS/c1-5-21-22(14-27)25(32(4)12-13-33(6-2)7-3)31-26(23(21)15-28)35-18-20-10-8-19(9-11-20)17-30-24(34)16-29/h8-11H,5-7,12-13,16-18,29H2,1-4H3,(H,30,34). The number of nitrogens with zero attached hydrogens (tertiary/aromatic N) is 5. The van der Waals surface area contributed by atoms with Gasteiger partial charge in [0.25, 0.3) is 0 Å². The molecule has 0 fully saturated rings. The van der Waals surface area contributed by atoms with Crippen LogP contribution < -0.4 is 16.0 Å². The second-order valence-electron chi connectivity index (χ2n) is 8.08. The molecule has 0 radical (unpaired) electrons. The van der Waals surface area contributed by atoms with E-state index in [2.05, 4.69) is 36.2 Å². The van der Waals surface area contributed by atoms with Gasteiger partial charge in [-0.3, -0.25) is 4.79 Å². The molecule has 0 spiro atoms. The Labute approximate surface area is 213 Å². The summed E-state index contributed by atoms with van der Waals surface area (Å²) in [5.41, 5.74) is 9.11. The lowest BCUT2D eigenvalue weighted by atomic mass is 10.0. The van der Waals surface area contributed by atoms with Gasteiger partial charge in [0.2, 0.25) is 5.91 Å². The highest BCUT2D eigenvalue weighted by Gasteiger charge is 2.21. The molecule has 2 rings (SSSR count). The van der Waals surface area contributed by atoms with Crippen LogP contribution in [0.4, 0.5) is 5.82 Å². The molecule has 186 valence electrons. The molecular formula is C26H35N7OS. The molecule has 1 heterocycles. The normalized spacial score (nSPS) is 10.6. The lowest BCUT2D eigenvalue weighted by Gasteiger charge is -2.26. The molecule has 3 N–H and O–H groups in total. The molecule has 0 atom stereocenters. The smallest absolute Gasteiger partial charge is 0.234 e. The summed E-state index contributed by atoms with van der Waals surface area (Å²) < 4.78 is 0. The van der Waals surface area contributed by atoms with Crippen molar-refractivity contribution in [3.8, 4) is 12.1 Å². The minimum absolute atomic E-state index is 0.0278. The molecule has 0 saturated carbocycles. The highest BCUT2D eigenvalue weighted by atomic mass is 32.2. The number of nitrogens with one attached hydrogen (secondary N) is 1. The second-order valence-corrected chi connectivity index (χ2v) is 9.04. The predicted molar refractivity (Wildman–Crippen MR) is 141 cm³/mol. The molecule has 0 aliphatic carbocycles. The van der Waals surface area contributed by atoms with Gasteiger partial charge in [-0.25, -0.2) is 4.98 Å². The van der Waals surface area contributed by atoms with Crippen molar-refractivity contribution in [3.63, 3.8) is 0 Å². The average Bonchev–Trinajstić information content (AvgIpc) is 2.90. The summed E-state index contributed by atoms with van der Waals surface area (Å²) in [6.07, 6.45) is 0.585. The van der Waals surface area contributed by atoms with Crippen molar-refractivity contribution in [3.05, 3.63) is 52.1 Å². The van der Waals surface area contributed by atoms with E-state index in [-0.39, 0.29) is 12.5 Å². The number of carbonyl (C=O) groups is 1. The molecule has 1 aromatic carbocycles. The quantitative estimate of drug-likeness (QED) is 0.408. The van der Waals surface area contributed by atoms with Crippen molar-refractivity contribution in [2.24, 2.45) is 5.73 Å². The summed E-state index contributed by atoms with van der Waals surface area (Å²) >= 11 is 1.50. The first-order valence-corrected chi connectivity index (χ1v) is 12.9. The molecule has 0 unspecified atom stereocenters. The van der Waals surface area contributed by atoms with E-state index in [1.54, 1.807) is 0 Å². The van der Waals surface area contributed by atoms with Gasteiger partial charge in [0.15, 0.2) is 0 Å². The Morgan fingerprint density at radius 1 is 1.06 bits per heavy atom.